The second-order valence-corrected chi connectivity index (χ2v) is 7.00. The number of hydrogen-bond acceptors (Lipinski definition) is 5. The van der Waals surface area contributed by atoms with E-state index in [1.54, 1.807) is 17.4 Å². The Morgan fingerprint density at radius 1 is 1.38 bits per heavy atom. The molecule has 1 unspecified atom stereocenters. The Kier molecular flexibility index (Phi) is 5.50. The number of aliphatic hydroxyl groups is 1. The van der Waals surface area contributed by atoms with Crippen molar-refractivity contribution in [3.8, 4) is 0 Å². The van der Waals surface area contributed by atoms with Gasteiger partial charge in [0.2, 0.25) is 5.91 Å². The fourth-order valence-electron chi connectivity index (χ4n) is 3.12. The van der Waals surface area contributed by atoms with Gasteiger partial charge in [0.25, 0.3) is 0 Å². The van der Waals surface area contributed by atoms with Gasteiger partial charge in [-0.25, -0.2) is 0 Å². The zero-order valence-corrected chi connectivity index (χ0v) is 14.3. The van der Waals surface area contributed by atoms with Gasteiger partial charge in [0.05, 0.1) is 19.3 Å². The molecule has 0 aliphatic carbocycles. The number of carbonyl (C=O) groups excluding carboxylic acids is 1. The third kappa shape index (κ3) is 3.95. The minimum Gasteiger partial charge on any atom is -0.389 e. The average Bonchev–Trinajstić information content (AvgIpc) is 3.08. The molecule has 1 atom stereocenters. The molecule has 5 nitrogen and oxygen atoms in total. The third-order valence-corrected chi connectivity index (χ3v) is 5.03. The maximum Gasteiger partial charge on any atom is 0.249 e. The van der Waals surface area contributed by atoms with Crippen molar-refractivity contribution in [1.29, 1.82) is 0 Å². The summed E-state index contributed by atoms with van der Waals surface area (Å²) in [6.07, 6.45) is 1.21. The molecule has 128 valence electrons. The van der Waals surface area contributed by atoms with Crippen molar-refractivity contribution < 1.29 is 14.6 Å². The number of carbonyl (C=O) groups is 1. The molecule has 2 heterocycles. The number of β-amino-alcohol motifs (C(OH)–C–C–N with tert-alkyl or cyclic N) is 1. The van der Waals surface area contributed by atoms with Crippen LogP contribution in [-0.2, 0) is 17.8 Å². The van der Waals surface area contributed by atoms with Crippen molar-refractivity contribution in [3.63, 3.8) is 0 Å². The van der Waals surface area contributed by atoms with Crippen LogP contribution >= 0.6 is 11.3 Å². The summed E-state index contributed by atoms with van der Waals surface area (Å²) in [5, 5.41) is 12.3. The number of anilines is 1. The largest absolute Gasteiger partial charge is 0.389 e. The lowest BCUT2D eigenvalue weighted by Crippen LogP contribution is -2.38. The molecule has 0 fully saturated rings. The number of primary amides is 1. The minimum atomic E-state index is -0.576. The molecule has 1 aliphatic rings. The zero-order chi connectivity index (χ0) is 16.9. The smallest absolute Gasteiger partial charge is 0.249 e. The molecular weight excluding hydrogens is 324 g/mol. The van der Waals surface area contributed by atoms with E-state index in [0.29, 0.717) is 25.3 Å². The summed E-state index contributed by atoms with van der Waals surface area (Å²) in [6.45, 7) is 2.16. The number of ether oxygens (including phenoxy) is 1. The van der Waals surface area contributed by atoms with Crippen LogP contribution in [0.3, 0.4) is 0 Å². The molecule has 24 heavy (non-hydrogen) atoms. The first-order chi connectivity index (χ1) is 11.6. The van der Waals surface area contributed by atoms with Gasteiger partial charge < -0.3 is 20.5 Å². The number of fused-ring (bicyclic) bond motifs is 1. The number of aliphatic hydroxyl groups excluding tert-OH is 1. The Bertz CT molecular complexity index is 688. The maximum absolute atomic E-state index is 11.6. The summed E-state index contributed by atoms with van der Waals surface area (Å²) in [4.78, 5) is 14.9. The fraction of sp³-hybridized carbons (Fsp3) is 0.389. The van der Waals surface area contributed by atoms with Gasteiger partial charge in [-0.2, -0.15) is 0 Å². The lowest BCUT2D eigenvalue weighted by atomic mass is 9.95. The molecule has 3 N–H and O–H groups in total. The first-order valence-electron chi connectivity index (χ1n) is 8.10. The summed E-state index contributed by atoms with van der Waals surface area (Å²) in [5.41, 5.74) is 8.04. The lowest BCUT2D eigenvalue weighted by molar-refractivity contribution is 0.0328. The lowest BCUT2D eigenvalue weighted by Gasteiger charge is -2.33. The molecule has 0 saturated heterocycles. The van der Waals surface area contributed by atoms with Gasteiger partial charge in [0.1, 0.15) is 0 Å². The van der Waals surface area contributed by atoms with E-state index in [2.05, 4.69) is 4.90 Å². The molecule has 0 spiro atoms. The monoisotopic (exact) mass is 346 g/mol. The Balaban J connectivity index is 1.60. The zero-order valence-electron chi connectivity index (χ0n) is 13.5. The fourth-order valence-corrected chi connectivity index (χ4v) is 3.76. The van der Waals surface area contributed by atoms with E-state index in [0.717, 1.165) is 35.5 Å². The van der Waals surface area contributed by atoms with Crippen LogP contribution < -0.4 is 10.6 Å². The highest BCUT2D eigenvalue weighted by atomic mass is 32.1. The Morgan fingerprint density at radius 3 is 3.00 bits per heavy atom. The summed E-state index contributed by atoms with van der Waals surface area (Å²) in [5.74, 6) is -0.395. The second-order valence-electron chi connectivity index (χ2n) is 5.97. The van der Waals surface area contributed by atoms with Crippen LogP contribution in [0, 0.1) is 0 Å². The van der Waals surface area contributed by atoms with E-state index in [1.807, 2.05) is 29.6 Å². The Morgan fingerprint density at radius 2 is 2.25 bits per heavy atom. The van der Waals surface area contributed by atoms with Crippen LogP contribution in [0.5, 0.6) is 0 Å². The third-order valence-electron chi connectivity index (χ3n) is 4.18. The average molecular weight is 346 g/mol. The standard InChI is InChI=1S/C18H22N2O3S/c19-18(22)16-5-1-7-17-15(16)6-2-8-20(17)10-13(21)11-23-12-14-4-3-9-24-14/h1,3-5,7,9,13,21H,2,6,8,10-12H2,(H2,19,22). The highest BCUT2D eigenvalue weighted by molar-refractivity contribution is 7.09. The summed E-state index contributed by atoms with van der Waals surface area (Å²) < 4.78 is 5.59. The van der Waals surface area contributed by atoms with Crippen LogP contribution in [0.2, 0.25) is 0 Å². The molecule has 1 amide bonds. The highest BCUT2D eigenvalue weighted by Gasteiger charge is 2.22. The van der Waals surface area contributed by atoms with Crippen molar-refractivity contribution in [2.45, 2.75) is 25.6 Å². The van der Waals surface area contributed by atoms with Crippen molar-refractivity contribution in [2.24, 2.45) is 5.73 Å². The van der Waals surface area contributed by atoms with Crippen LogP contribution in [0.1, 0.15) is 27.2 Å². The predicted molar refractivity (Wildman–Crippen MR) is 95.5 cm³/mol. The molecule has 1 aliphatic heterocycles. The molecule has 0 bridgehead atoms. The summed E-state index contributed by atoms with van der Waals surface area (Å²) in [6, 6.07) is 9.60. The summed E-state index contributed by atoms with van der Waals surface area (Å²) in [7, 11) is 0. The van der Waals surface area contributed by atoms with Crippen molar-refractivity contribution in [3.05, 3.63) is 51.7 Å². The topological polar surface area (TPSA) is 75.8 Å². The normalized spacial score (nSPS) is 15.1. The van der Waals surface area contributed by atoms with Crippen LogP contribution in [-0.4, -0.2) is 36.8 Å². The molecule has 2 aromatic rings. The van der Waals surface area contributed by atoms with Gasteiger partial charge in [-0.05, 0) is 42.0 Å². The molecule has 1 aromatic heterocycles. The molecule has 0 saturated carbocycles. The van der Waals surface area contributed by atoms with E-state index in [1.165, 1.54) is 0 Å². The highest BCUT2D eigenvalue weighted by Crippen LogP contribution is 2.29. The first kappa shape index (κ1) is 17.0. The Labute approximate surface area is 145 Å². The molecule has 0 radical (unpaired) electrons. The predicted octanol–water partition coefficient (Wildman–Crippen LogP) is 2.18. The van der Waals surface area contributed by atoms with Crippen LogP contribution in [0.25, 0.3) is 0 Å². The van der Waals surface area contributed by atoms with Crippen LogP contribution in [0.15, 0.2) is 35.7 Å². The quantitative estimate of drug-likeness (QED) is 0.806. The van der Waals surface area contributed by atoms with E-state index < -0.39 is 12.0 Å². The first-order valence-corrected chi connectivity index (χ1v) is 8.98. The number of nitrogens with two attached hydrogens (primary N) is 1. The van der Waals surface area contributed by atoms with Crippen molar-refractivity contribution in [2.75, 3.05) is 24.6 Å². The number of benzene rings is 1. The van der Waals surface area contributed by atoms with Gasteiger partial charge in [0.15, 0.2) is 0 Å². The van der Waals surface area contributed by atoms with Crippen molar-refractivity contribution >= 4 is 22.9 Å². The number of rotatable bonds is 7. The van der Waals surface area contributed by atoms with E-state index in [-0.39, 0.29) is 0 Å². The Hall–Kier alpha value is -1.89. The van der Waals surface area contributed by atoms with Gasteiger partial charge >= 0.3 is 0 Å². The van der Waals surface area contributed by atoms with E-state index in [9.17, 15) is 9.90 Å². The molecule has 3 rings (SSSR count). The van der Waals surface area contributed by atoms with Crippen LogP contribution in [0.4, 0.5) is 5.69 Å². The number of nitrogens with zero attached hydrogens (tertiary/aromatic N) is 1. The number of hydrogen-bond donors (Lipinski definition) is 2. The summed E-state index contributed by atoms with van der Waals surface area (Å²) >= 11 is 1.64. The second kappa shape index (κ2) is 7.79. The van der Waals surface area contributed by atoms with Gasteiger partial charge in [-0.3, -0.25) is 4.79 Å². The number of amides is 1. The molecule has 1 aromatic carbocycles. The van der Waals surface area contributed by atoms with Gasteiger partial charge in [0, 0.05) is 29.2 Å². The van der Waals surface area contributed by atoms with Gasteiger partial charge in [-0.1, -0.05) is 12.1 Å². The van der Waals surface area contributed by atoms with Crippen molar-refractivity contribution in [1.82, 2.24) is 0 Å². The van der Waals surface area contributed by atoms with E-state index >= 15 is 0 Å². The SMILES string of the molecule is NC(=O)c1cccc2c1CCCN2CC(O)COCc1cccs1. The maximum atomic E-state index is 11.6. The molecular formula is C18H22N2O3S. The molecule has 6 heteroatoms. The number of thiophene rings is 1. The van der Waals surface area contributed by atoms with E-state index in [4.69, 9.17) is 10.5 Å². The van der Waals surface area contributed by atoms with Gasteiger partial charge in [-0.15, -0.1) is 11.3 Å². The minimum absolute atomic E-state index is 0.291.